The van der Waals surface area contributed by atoms with Crippen molar-refractivity contribution in [2.45, 2.75) is 45.6 Å². The molecule has 0 aromatic carbocycles. The van der Waals surface area contributed by atoms with Gasteiger partial charge in [0.25, 0.3) is 0 Å². The molecule has 0 spiro atoms. The summed E-state index contributed by atoms with van der Waals surface area (Å²) >= 11 is 0. The number of hydrogen-bond donors (Lipinski definition) is 1. The summed E-state index contributed by atoms with van der Waals surface area (Å²) in [6, 6.07) is 0. The van der Waals surface area contributed by atoms with Crippen molar-refractivity contribution >= 4 is 17.7 Å². The van der Waals surface area contributed by atoms with Crippen molar-refractivity contribution in [2.75, 3.05) is 0 Å². The second kappa shape index (κ2) is 5.04. The predicted octanol–water partition coefficient (Wildman–Crippen LogP) is 1.95. The van der Waals surface area contributed by atoms with Crippen LogP contribution in [0.15, 0.2) is 12.2 Å². The predicted molar refractivity (Wildman–Crippen MR) is 70.9 cm³/mol. The van der Waals surface area contributed by atoms with Gasteiger partial charge in [0.1, 0.15) is 6.10 Å². The van der Waals surface area contributed by atoms with Gasteiger partial charge in [0.05, 0.1) is 11.3 Å². The summed E-state index contributed by atoms with van der Waals surface area (Å²) in [5, 5.41) is 8.67. The van der Waals surface area contributed by atoms with E-state index in [0.717, 1.165) is 6.42 Å². The van der Waals surface area contributed by atoms with Gasteiger partial charge < -0.3 is 9.84 Å². The molecule has 2 aliphatic rings. The van der Waals surface area contributed by atoms with Gasteiger partial charge in [0.15, 0.2) is 5.78 Å². The number of hydrogen-bond acceptors (Lipinski definition) is 4. The number of aliphatic carboxylic acids is 1. The molecule has 0 aromatic rings. The second-order valence-electron chi connectivity index (χ2n) is 6.09. The highest BCUT2D eigenvalue weighted by molar-refractivity contribution is 6.00. The van der Waals surface area contributed by atoms with Crippen molar-refractivity contribution in [1.82, 2.24) is 0 Å². The number of ether oxygens (including phenoxy) is 1. The third kappa shape index (κ3) is 2.25. The van der Waals surface area contributed by atoms with E-state index in [1.165, 1.54) is 0 Å². The average Bonchev–Trinajstić information content (AvgIpc) is 2.86. The van der Waals surface area contributed by atoms with Crippen LogP contribution in [0.5, 0.6) is 0 Å². The van der Waals surface area contributed by atoms with E-state index in [1.807, 2.05) is 6.92 Å². The molecule has 0 unspecified atom stereocenters. The lowest BCUT2D eigenvalue weighted by Gasteiger charge is -2.29. The number of Topliss-reactive ketones (excluding diaryl/α,β-unsaturated/α-hetero) is 1. The molecule has 1 heterocycles. The molecule has 1 aliphatic carbocycles. The maximum absolute atomic E-state index is 12.6. The lowest BCUT2D eigenvalue weighted by molar-refractivity contribution is -0.150. The van der Waals surface area contributed by atoms with Gasteiger partial charge in [0, 0.05) is 12.3 Å². The first-order valence-corrected chi connectivity index (χ1v) is 6.92. The van der Waals surface area contributed by atoms with E-state index in [1.54, 1.807) is 6.92 Å². The van der Waals surface area contributed by atoms with Gasteiger partial charge in [-0.15, -0.1) is 0 Å². The van der Waals surface area contributed by atoms with Crippen molar-refractivity contribution in [1.29, 1.82) is 0 Å². The molecule has 1 saturated carbocycles. The maximum atomic E-state index is 12.6. The first kappa shape index (κ1) is 14.8. The lowest BCUT2D eigenvalue weighted by Crippen LogP contribution is -2.38. The van der Waals surface area contributed by atoms with Gasteiger partial charge in [-0.2, -0.15) is 0 Å². The Kier molecular flexibility index (Phi) is 3.71. The maximum Gasteiger partial charge on any atom is 0.309 e. The summed E-state index contributed by atoms with van der Waals surface area (Å²) in [5.41, 5.74) is -0.438. The van der Waals surface area contributed by atoms with Crippen LogP contribution in [0.25, 0.3) is 0 Å². The minimum absolute atomic E-state index is 0.0868. The van der Waals surface area contributed by atoms with Gasteiger partial charge in [-0.1, -0.05) is 13.5 Å². The number of ketones is 1. The van der Waals surface area contributed by atoms with Crippen molar-refractivity contribution < 1.29 is 24.2 Å². The normalized spacial score (nSPS) is 35.5. The summed E-state index contributed by atoms with van der Waals surface area (Å²) in [6.45, 7) is 7.35. The van der Waals surface area contributed by atoms with Crippen molar-refractivity contribution in [3.8, 4) is 0 Å². The molecular formula is C15H20O5. The van der Waals surface area contributed by atoms with E-state index in [2.05, 4.69) is 6.58 Å². The average molecular weight is 280 g/mol. The van der Waals surface area contributed by atoms with Gasteiger partial charge in [0.2, 0.25) is 0 Å². The minimum Gasteiger partial charge on any atom is -0.481 e. The monoisotopic (exact) mass is 280 g/mol. The van der Waals surface area contributed by atoms with Crippen LogP contribution in [0.1, 0.15) is 39.5 Å². The molecule has 0 bridgehead atoms. The molecule has 2 fully saturated rings. The van der Waals surface area contributed by atoms with Crippen LogP contribution in [-0.4, -0.2) is 28.9 Å². The fraction of sp³-hybridized carbons (Fsp3) is 0.667. The molecule has 0 aromatic heterocycles. The highest BCUT2D eigenvalue weighted by atomic mass is 16.6. The van der Waals surface area contributed by atoms with E-state index in [9.17, 15) is 14.4 Å². The van der Waals surface area contributed by atoms with Crippen LogP contribution in [0, 0.1) is 17.3 Å². The molecule has 110 valence electrons. The summed E-state index contributed by atoms with van der Waals surface area (Å²) in [7, 11) is 0. The lowest BCUT2D eigenvalue weighted by atomic mass is 9.76. The molecule has 0 amide bonds. The summed E-state index contributed by atoms with van der Waals surface area (Å²) in [4.78, 5) is 34.8. The summed E-state index contributed by atoms with van der Waals surface area (Å²) < 4.78 is 5.39. The first-order chi connectivity index (χ1) is 9.27. The highest BCUT2D eigenvalue weighted by Gasteiger charge is 2.58. The number of carbonyl (C=O) groups excluding carboxylic acids is 2. The van der Waals surface area contributed by atoms with Crippen LogP contribution in [-0.2, 0) is 19.1 Å². The fourth-order valence-electron chi connectivity index (χ4n) is 3.39. The zero-order valence-electron chi connectivity index (χ0n) is 11.8. The van der Waals surface area contributed by atoms with Gasteiger partial charge in [-0.3, -0.25) is 14.4 Å². The van der Waals surface area contributed by atoms with E-state index < -0.39 is 11.4 Å². The zero-order valence-corrected chi connectivity index (χ0v) is 11.8. The SMILES string of the molecule is C=C(CCC(=O)O)C(=O)[C@]1(C)CC[C@@H]2[C@@H](C)C(=O)O[C@@H]21. The quantitative estimate of drug-likeness (QED) is 0.615. The Bertz CT molecular complexity index is 481. The highest BCUT2D eigenvalue weighted by Crippen LogP contribution is 2.52. The molecule has 5 heteroatoms. The first-order valence-electron chi connectivity index (χ1n) is 6.92. The number of carboxylic acids is 1. The molecule has 4 atom stereocenters. The largest absolute Gasteiger partial charge is 0.481 e. The molecule has 1 N–H and O–H groups in total. The van der Waals surface area contributed by atoms with Gasteiger partial charge in [-0.05, 0) is 31.8 Å². The van der Waals surface area contributed by atoms with E-state index in [4.69, 9.17) is 9.84 Å². The Balaban J connectivity index is 2.11. The number of carboxylic acid groups (broad SMARTS) is 1. The molecule has 1 saturated heterocycles. The second-order valence-corrected chi connectivity index (χ2v) is 6.09. The number of allylic oxidation sites excluding steroid dienone is 1. The Morgan fingerprint density at radius 2 is 2.10 bits per heavy atom. The standard InChI is InChI=1S/C15H20O5/c1-8(4-5-11(16)17)12(18)15(3)7-6-10-9(2)14(19)20-13(10)15/h9-10,13H,1,4-7H2,2-3H3,(H,16,17)/t9-,10-,13+,15+/m1/s1. The van der Waals surface area contributed by atoms with E-state index >= 15 is 0 Å². The van der Waals surface area contributed by atoms with Crippen LogP contribution < -0.4 is 0 Å². The molecule has 5 nitrogen and oxygen atoms in total. The van der Waals surface area contributed by atoms with E-state index in [-0.39, 0.29) is 42.5 Å². The molecule has 0 radical (unpaired) electrons. The van der Waals surface area contributed by atoms with E-state index in [0.29, 0.717) is 12.0 Å². The topological polar surface area (TPSA) is 80.7 Å². The van der Waals surface area contributed by atoms with Crippen molar-refractivity contribution in [3.05, 3.63) is 12.2 Å². The number of fused-ring (bicyclic) bond motifs is 1. The van der Waals surface area contributed by atoms with Crippen molar-refractivity contribution in [3.63, 3.8) is 0 Å². The van der Waals surface area contributed by atoms with Crippen LogP contribution >= 0.6 is 0 Å². The third-order valence-corrected chi connectivity index (χ3v) is 4.75. The zero-order chi connectivity index (χ0) is 15.1. The van der Waals surface area contributed by atoms with Crippen LogP contribution in [0.3, 0.4) is 0 Å². The van der Waals surface area contributed by atoms with Crippen LogP contribution in [0.4, 0.5) is 0 Å². The Hall–Kier alpha value is -1.65. The minimum atomic E-state index is -0.950. The molecule has 1 aliphatic heterocycles. The molecule has 2 rings (SSSR count). The fourth-order valence-corrected chi connectivity index (χ4v) is 3.39. The number of esters is 1. The molecule has 20 heavy (non-hydrogen) atoms. The van der Waals surface area contributed by atoms with Crippen molar-refractivity contribution in [2.24, 2.45) is 17.3 Å². The number of rotatable bonds is 5. The smallest absolute Gasteiger partial charge is 0.309 e. The Morgan fingerprint density at radius 1 is 1.45 bits per heavy atom. The van der Waals surface area contributed by atoms with Gasteiger partial charge in [-0.25, -0.2) is 0 Å². The number of carbonyl (C=O) groups is 3. The summed E-state index contributed by atoms with van der Waals surface area (Å²) in [6.07, 6.45) is 1.09. The Labute approximate surface area is 118 Å². The Morgan fingerprint density at radius 3 is 2.70 bits per heavy atom. The van der Waals surface area contributed by atoms with Gasteiger partial charge >= 0.3 is 11.9 Å². The molecular weight excluding hydrogens is 260 g/mol. The third-order valence-electron chi connectivity index (χ3n) is 4.75. The summed E-state index contributed by atoms with van der Waals surface area (Å²) in [5.74, 6) is -1.43. The van der Waals surface area contributed by atoms with Crippen LogP contribution in [0.2, 0.25) is 0 Å².